The topological polar surface area (TPSA) is 79.4 Å². The summed E-state index contributed by atoms with van der Waals surface area (Å²) in [5.74, 6) is 1.88. The van der Waals surface area contributed by atoms with Gasteiger partial charge in [-0.2, -0.15) is 4.98 Å². The van der Waals surface area contributed by atoms with Crippen LogP contribution in [-0.2, 0) is 6.42 Å². The first kappa shape index (κ1) is 23.2. The van der Waals surface area contributed by atoms with Gasteiger partial charge in [0.2, 0.25) is 5.95 Å². The van der Waals surface area contributed by atoms with Crippen LogP contribution in [0.5, 0.6) is 5.75 Å². The van der Waals surface area contributed by atoms with Crippen LogP contribution in [0.4, 0.5) is 16.2 Å². The molecule has 0 radical (unpaired) electrons. The van der Waals surface area contributed by atoms with Crippen LogP contribution in [-0.4, -0.2) is 42.1 Å². The molecular weight excluding hydrogens is 445 g/mol. The SMILES string of the molecule is CC(Nc1nccc(N(CC2CCNCC2)C(=O)c2ccc3c(c2)CCO3)n1)c1ccc(F)cc1. The fourth-order valence-electron chi connectivity index (χ4n) is 4.68. The average molecular weight is 476 g/mol. The summed E-state index contributed by atoms with van der Waals surface area (Å²) in [6, 6.07) is 13.7. The molecule has 2 aliphatic heterocycles. The van der Waals surface area contributed by atoms with Crippen LogP contribution >= 0.6 is 0 Å². The second-order valence-electron chi connectivity index (χ2n) is 9.19. The molecule has 35 heavy (non-hydrogen) atoms. The highest BCUT2D eigenvalue weighted by Gasteiger charge is 2.26. The third kappa shape index (κ3) is 5.43. The standard InChI is InChI=1S/C27H30FN5O2/c1-18(20-2-5-23(28)6-3-20)31-27-30-14-10-25(32-27)33(17-19-8-12-29-13-9-19)26(34)22-4-7-24-21(16-22)11-15-35-24/h2-7,10,14,16,18-19,29H,8-9,11-13,15,17H2,1H3,(H,30,31,32). The van der Waals surface area contributed by atoms with Crippen molar-refractivity contribution in [3.05, 3.63) is 77.2 Å². The van der Waals surface area contributed by atoms with Crippen molar-refractivity contribution in [3.8, 4) is 5.75 Å². The minimum absolute atomic E-state index is 0.0746. The molecule has 7 nitrogen and oxygen atoms in total. The maximum atomic E-state index is 13.8. The second kappa shape index (κ2) is 10.4. The Kier molecular flexibility index (Phi) is 6.90. The van der Waals surface area contributed by atoms with Gasteiger partial charge in [0.05, 0.1) is 12.6 Å². The number of carbonyl (C=O) groups excluding carboxylic acids is 1. The number of anilines is 2. The highest BCUT2D eigenvalue weighted by Crippen LogP contribution is 2.28. The Labute approximate surface area is 204 Å². The molecule has 2 N–H and O–H groups in total. The summed E-state index contributed by atoms with van der Waals surface area (Å²) in [6.45, 7) is 5.12. The van der Waals surface area contributed by atoms with Crippen LogP contribution in [0.25, 0.3) is 0 Å². The Morgan fingerprint density at radius 2 is 2.00 bits per heavy atom. The zero-order chi connectivity index (χ0) is 24.2. The number of ether oxygens (including phenoxy) is 1. The van der Waals surface area contributed by atoms with Crippen LogP contribution in [0.1, 0.15) is 47.3 Å². The highest BCUT2D eigenvalue weighted by atomic mass is 19.1. The number of fused-ring (bicyclic) bond motifs is 1. The van der Waals surface area contributed by atoms with Gasteiger partial charge >= 0.3 is 0 Å². The Bertz CT molecular complexity index is 1180. The summed E-state index contributed by atoms with van der Waals surface area (Å²) >= 11 is 0. The predicted octanol–water partition coefficient (Wildman–Crippen LogP) is 4.37. The van der Waals surface area contributed by atoms with Gasteiger partial charge in [0.15, 0.2) is 0 Å². The average Bonchev–Trinajstić information content (AvgIpc) is 3.36. The summed E-state index contributed by atoms with van der Waals surface area (Å²) in [7, 11) is 0. The summed E-state index contributed by atoms with van der Waals surface area (Å²) < 4.78 is 18.9. The van der Waals surface area contributed by atoms with E-state index in [1.54, 1.807) is 29.3 Å². The van der Waals surface area contributed by atoms with E-state index in [1.165, 1.54) is 12.1 Å². The van der Waals surface area contributed by atoms with Crippen molar-refractivity contribution in [3.63, 3.8) is 0 Å². The zero-order valence-corrected chi connectivity index (χ0v) is 19.8. The maximum absolute atomic E-state index is 13.8. The van der Waals surface area contributed by atoms with Crippen molar-refractivity contribution in [1.29, 1.82) is 0 Å². The molecule has 5 rings (SSSR count). The summed E-state index contributed by atoms with van der Waals surface area (Å²) in [5, 5.41) is 6.67. The monoisotopic (exact) mass is 475 g/mol. The number of nitrogens with zero attached hydrogens (tertiary/aromatic N) is 3. The molecule has 8 heteroatoms. The molecule has 0 saturated carbocycles. The third-order valence-corrected chi connectivity index (χ3v) is 6.71. The van der Waals surface area contributed by atoms with Crippen LogP contribution in [0, 0.1) is 11.7 Å². The van der Waals surface area contributed by atoms with Crippen molar-refractivity contribution in [2.45, 2.75) is 32.2 Å². The molecule has 0 aliphatic carbocycles. The van der Waals surface area contributed by atoms with E-state index in [4.69, 9.17) is 9.72 Å². The summed E-state index contributed by atoms with van der Waals surface area (Å²) in [4.78, 5) is 24.6. The number of halogens is 1. The molecule has 3 aromatic rings. The Morgan fingerprint density at radius 1 is 1.20 bits per heavy atom. The van der Waals surface area contributed by atoms with E-state index in [0.717, 1.165) is 49.2 Å². The number of piperidine rings is 1. The van der Waals surface area contributed by atoms with E-state index < -0.39 is 0 Å². The van der Waals surface area contributed by atoms with Gasteiger partial charge in [-0.15, -0.1) is 0 Å². The number of aromatic nitrogens is 2. The van der Waals surface area contributed by atoms with Gasteiger partial charge in [-0.05, 0) is 86.3 Å². The molecule has 1 atom stereocenters. The van der Waals surface area contributed by atoms with Crippen molar-refractivity contribution >= 4 is 17.7 Å². The largest absolute Gasteiger partial charge is 0.493 e. The van der Waals surface area contributed by atoms with Gasteiger partial charge in [-0.1, -0.05) is 12.1 Å². The molecular formula is C27H30FN5O2. The fraction of sp³-hybridized carbons (Fsp3) is 0.370. The lowest BCUT2D eigenvalue weighted by atomic mass is 9.97. The van der Waals surface area contributed by atoms with Gasteiger partial charge in [-0.3, -0.25) is 9.69 Å². The summed E-state index contributed by atoms with van der Waals surface area (Å²) in [6.07, 6.45) is 4.51. The van der Waals surface area contributed by atoms with Crippen LogP contribution in [0.15, 0.2) is 54.7 Å². The van der Waals surface area contributed by atoms with E-state index >= 15 is 0 Å². The summed E-state index contributed by atoms with van der Waals surface area (Å²) in [5.41, 5.74) is 2.62. The molecule has 0 spiro atoms. The van der Waals surface area contributed by atoms with Crippen molar-refractivity contribution in [2.24, 2.45) is 5.92 Å². The molecule has 182 valence electrons. The number of nitrogens with one attached hydrogen (secondary N) is 2. The van der Waals surface area contributed by atoms with Crippen molar-refractivity contribution < 1.29 is 13.9 Å². The van der Waals surface area contributed by atoms with Crippen molar-refractivity contribution in [1.82, 2.24) is 15.3 Å². The number of carbonyl (C=O) groups is 1. The Hall–Kier alpha value is -3.52. The zero-order valence-electron chi connectivity index (χ0n) is 19.8. The Morgan fingerprint density at radius 3 is 2.80 bits per heavy atom. The lowest BCUT2D eigenvalue weighted by molar-refractivity contribution is 0.0980. The number of amides is 1. The van der Waals surface area contributed by atoms with Crippen LogP contribution in [0.2, 0.25) is 0 Å². The quantitative estimate of drug-likeness (QED) is 0.528. The van der Waals surface area contributed by atoms with E-state index in [2.05, 4.69) is 15.6 Å². The van der Waals surface area contributed by atoms with Crippen LogP contribution < -0.4 is 20.3 Å². The molecule has 2 aromatic carbocycles. The molecule has 1 unspecified atom stereocenters. The molecule has 0 bridgehead atoms. The van der Waals surface area contributed by atoms with E-state index in [9.17, 15) is 9.18 Å². The minimum Gasteiger partial charge on any atom is -0.493 e. The van der Waals surface area contributed by atoms with Gasteiger partial charge < -0.3 is 15.4 Å². The smallest absolute Gasteiger partial charge is 0.259 e. The van der Waals surface area contributed by atoms with Gasteiger partial charge in [0.25, 0.3) is 5.91 Å². The molecule has 1 fully saturated rings. The third-order valence-electron chi connectivity index (χ3n) is 6.71. The van der Waals surface area contributed by atoms with E-state index in [-0.39, 0.29) is 17.8 Å². The molecule has 2 aliphatic rings. The van der Waals surface area contributed by atoms with Gasteiger partial charge in [0, 0.05) is 24.7 Å². The molecule has 3 heterocycles. The maximum Gasteiger partial charge on any atom is 0.259 e. The minimum atomic E-state index is -0.274. The normalized spacial score (nSPS) is 16.3. The number of hydrogen-bond donors (Lipinski definition) is 2. The van der Waals surface area contributed by atoms with Crippen LogP contribution in [0.3, 0.4) is 0 Å². The van der Waals surface area contributed by atoms with Crippen molar-refractivity contribution in [2.75, 3.05) is 36.5 Å². The highest BCUT2D eigenvalue weighted by molar-refractivity contribution is 6.05. The predicted molar refractivity (Wildman–Crippen MR) is 133 cm³/mol. The first-order valence-electron chi connectivity index (χ1n) is 12.2. The number of benzene rings is 2. The first-order chi connectivity index (χ1) is 17.1. The fourth-order valence-corrected chi connectivity index (χ4v) is 4.68. The molecule has 1 saturated heterocycles. The molecule has 1 amide bonds. The van der Waals surface area contributed by atoms with Gasteiger partial charge in [0.1, 0.15) is 17.4 Å². The lowest BCUT2D eigenvalue weighted by Gasteiger charge is -2.30. The second-order valence-corrected chi connectivity index (χ2v) is 9.19. The number of hydrogen-bond acceptors (Lipinski definition) is 6. The first-order valence-corrected chi connectivity index (χ1v) is 12.2. The Balaban J connectivity index is 1.40. The van der Waals surface area contributed by atoms with E-state index in [0.29, 0.717) is 36.4 Å². The lowest BCUT2D eigenvalue weighted by Crippen LogP contribution is -2.40. The van der Waals surface area contributed by atoms with E-state index in [1.807, 2.05) is 25.1 Å². The van der Waals surface area contributed by atoms with Gasteiger partial charge in [-0.25, -0.2) is 9.37 Å². The molecule has 1 aromatic heterocycles. The number of rotatable bonds is 7.